The van der Waals surface area contributed by atoms with Gasteiger partial charge >= 0.3 is 0 Å². The molecule has 0 fully saturated rings. The minimum Gasteiger partial charge on any atom is -0.370 e. The zero-order chi connectivity index (χ0) is 11.4. The molecular weight excluding hydrogens is 208 g/mol. The minimum absolute atomic E-state index is 0.108. The van der Waals surface area contributed by atoms with Crippen molar-refractivity contribution < 1.29 is 9.53 Å². The Morgan fingerprint density at radius 3 is 2.60 bits per heavy atom. The normalized spacial score (nSPS) is 13.1. The van der Waals surface area contributed by atoms with Crippen LogP contribution in [0.1, 0.15) is 36.0 Å². The molecular formula is C12H18O2S. The number of ether oxygens (including phenoxy) is 1. The van der Waals surface area contributed by atoms with Crippen LogP contribution >= 0.6 is 11.3 Å². The summed E-state index contributed by atoms with van der Waals surface area (Å²) in [4.78, 5) is 13.2. The van der Waals surface area contributed by atoms with Gasteiger partial charge in [0.05, 0.1) is 0 Å². The highest BCUT2D eigenvalue weighted by Gasteiger charge is 2.24. The molecule has 0 aliphatic rings. The molecule has 0 N–H and O–H groups in total. The maximum atomic E-state index is 12.1. The number of carbonyl (C=O) groups excluding carboxylic acids is 1. The summed E-state index contributed by atoms with van der Waals surface area (Å²) >= 11 is 1.60. The first-order valence-electron chi connectivity index (χ1n) is 5.27. The molecule has 1 rings (SSSR count). The number of rotatable bonds is 5. The number of hydrogen-bond donors (Lipinski definition) is 0. The van der Waals surface area contributed by atoms with E-state index < -0.39 is 0 Å². The number of thiophene rings is 1. The molecule has 0 spiro atoms. The molecule has 1 heterocycles. The Labute approximate surface area is 95.3 Å². The van der Waals surface area contributed by atoms with Crippen molar-refractivity contribution in [3.63, 3.8) is 0 Å². The zero-order valence-corrected chi connectivity index (χ0v) is 10.6. The van der Waals surface area contributed by atoms with Crippen molar-refractivity contribution in [3.05, 3.63) is 21.9 Å². The topological polar surface area (TPSA) is 26.3 Å². The highest BCUT2D eigenvalue weighted by atomic mass is 32.1. The lowest BCUT2D eigenvalue weighted by molar-refractivity contribution is 0.0280. The molecule has 0 aliphatic carbocycles. The van der Waals surface area contributed by atoms with Crippen LogP contribution in [0.5, 0.6) is 0 Å². The smallest absolute Gasteiger partial charge is 0.192 e. The van der Waals surface area contributed by atoms with E-state index in [1.807, 2.05) is 39.1 Å². The summed E-state index contributed by atoms with van der Waals surface area (Å²) < 4.78 is 5.48. The molecule has 1 aromatic heterocycles. The maximum absolute atomic E-state index is 12.1. The van der Waals surface area contributed by atoms with Gasteiger partial charge in [-0.15, -0.1) is 11.3 Å². The number of ketones is 1. The molecule has 0 radical (unpaired) electrons. The molecule has 0 saturated heterocycles. The average molecular weight is 226 g/mol. The first-order valence-corrected chi connectivity index (χ1v) is 6.15. The summed E-state index contributed by atoms with van der Waals surface area (Å²) in [7, 11) is 0. The van der Waals surface area contributed by atoms with E-state index in [0.717, 1.165) is 10.4 Å². The summed E-state index contributed by atoms with van der Waals surface area (Å²) in [5.74, 6) is 0.328. The lowest BCUT2D eigenvalue weighted by atomic mass is 9.99. The van der Waals surface area contributed by atoms with Crippen molar-refractivity contribution in [1.82, 2.24) is 0 Å². The number of aryl methyl sites for hydroxylation is 1. The van der Waals surface area contributed by atoms with Crippen molar-refractivity contribution >= 4 is 17.1 Å². The third-order valence-electron chi connectivity index (χ3n) is 2.23. The van der Waals surface area contributed by atoms with E-state index >= 15 is 0 Å². The average Bonchev–Trinajstić information content (AvgIpc) is 2.59. The third kappa shape index (κ3) is 3.14. The van der Waals surface area contributed by atoms with E-state index in [4.69, 9.17) is 4.74 Å². The van der Waals surface area contributed by atoms with Gasteiger partial charge in [-0.25, -0.2) is 0 Å². The van der Waals surface area contributed by atoms with Gasteiger partial charge in [0.25, 0.3) is 0 Å². The standard InChI is InChI=1S/C12H18O2S/c1-5-14-12(8(2)3)11(13)10-6-9(4)15-7-10/h6-8,12H,5H2,1-4H3. The Morgan fingerprint density at radius 2 is 2.20 bits per heavy atom. The maximum Gasteiger partial charge on any atom is 0.192 e. The van der Waals surface area contributed by atoms with Gasteiger partial charge in [0.2, 0.25) is 0 Å². The van der Waals surface area contributed by atoms with Crippen LogP contribution in [0.2, 0.25) is 0 Å². The largest absolute Gasteiger partial charge is 0.370 e. The summed E-state index contributed by atoms with van der Waals surface area (Å²) in [6.07, 6.45) is -0.302. The SMILES string of the molecule is CCOC(C(=O)c1csc(C)c1)C(C)C. The van der Waals surface area contributed by atoms with Crippen molar-refractivity contribution in [2.75, 3.05) is 6.61 Å². The van der Waals surface area contributed by atoms with E-state index in [0.29, 0.717) is 6.61 Å². The zero-order valence-electron chi connectivity index (χ0n) is 9.74. The molecule has 3 heteroatoms. The lowest BCUT2D eigenvalue weighted by Crippen LogP contribution is -2.29. The first-order chi connectivity index (χ1) is 7.06. The summed E-state index contributed by atoms with van der Waals surface area (Å²) in [6.45, 7) is 8.53. The fraction of sp³-hybridized carbons (Fsp3) is 0.583. The Bertz CT molecular complexity index is 328. The predicted molar refractivity (Wildman–Crippen MR) is 63.6 cm³/mol. The quantitative estimate of drug-likeness (QED) is 0.720. The lowest BCUT2D eigenvalue weighted by Gasteiger charge is -2.18. The molecule has 1 unspecified atom stereocenters. The summed E-state index contributed by atoms with van der Waals surface area (Å²) in [5.41, 5.74) is 0.782. The predicted octanol–water partition coefficient (Wildman–Crippen LogP) is 3.30. The second-order valence-corrected chi connectivity index (χ2v) is 5.05. The fourth-order valence-electron chi connectivity index (χ4n) is 1.49. The number of Topliss-reactive ketones (excluding diaryl/α,β-unsaturated/α-hetero) is 1. The number of carbonyl (C=O) groups is 1. The van der Waals surface area contributed by atoms with Gasteiger partial charge in [0, 0.05) is 22.4 Å². The van der Waals surface area contributed by atoms with Crippen LogP contribution in [-0.4, -0.2) is 18.5 Å². The Morgan fingerprint density at radius 1 is 1.53 bits per heavy atom. The van der Waals surface area contributed by atoms with Crippen LogP contribution in [0.15, 0.2) is 11.4 Å². The van der Waals surface area contributed by atoms with E-state index in [-0.39, 0.29) is 17.8 Å². The van der Waals surface area contributed by atoms with E-state index in [1.54, 1.807) is 11.3 Å². The molecule has 2 nitrogen and oxygen atoms in total. The Balaban J connectivity index is 2.80. The van der Waals surface area contributed by atoms with E-state index in [2.05, 4.69) is 0 Å². The van der Waals surface area contributed by atoms with Crippen molar-refractivity contribution in [3.8, 4) is 0 Å². The van der Waals surface area contributed by atoms with Crippen LogP contribution in [0, 0.1) is 12.8 Å². The van der Waals surface area contributed by atoms with Gasteiger partial charge in [-0.2, -0.15) is 0 Å². The van der Waals surface area contributed by atoms with Gasteiger partial charge in [0.1, 0.15) is 6.10 Å². The van der Waals surface area contributed by atoms with E-state index in [9.17, 15) is 4.79 Å². The molecule has 0 aliphatic heterocycles. The highest BCUT2D eigenvalue weighted by Crippen LogP contribution is 2.19. The minimum atomic E-state index is -0.302. The van der Waals surface area contributed by atoms with Crippen LogP contribution in [-0.2, 0) is 4.74 Å². The van der Waals surface area contributed by atoms with Gasteiger partial charge in [-0.3, -0.25) is 4.79 Å². The Hall–Kier alpha value is -0.670. The van der Waals surface area contributed by atoms with Crippen molar-refractivity contribution in [2.45, 2.75) is 33.8 Å². The van der Waals surface area contributed by atoms with Crippen LogP contribution in [0.25, 0.3) is 0 Å². The second kappa shape index (κ2) is 5.42. The van der Waals surface area contributed by atoms with Crippen molar-refractivity contribution in [1.29, 1.82) is 0 Å². The molecule has 1 atom stereocenters. The molecule has 0 bridgehead atoms. The fourth-order valence-corrected chi connectivity index (χ4v) is 2.18. The second-order valence-electron chi connectivity index (χ2n) is 3.93. The molecule has 0 aromatic carbocycles. The summed E-state index contributed by atoms with van der Waals surface area (Å²) in [6, 6.07) is 1.93. The van der Waals surface area contributed by atoms with Gasteiger partial charge in [0.15, 0.2) is 5.78 Å². The first kappa shape index (κ1) is 12.4. The molecule has 0 saturated carbocycles. The third-order valence-corrected chi connectivity index (χ3v) is 3.09. The van der Waals surface area contributed by atoms with Gasteiger partial charge in [-0.1, -0.05) is 13.8 Å². The highest BCUT2D eigenvalue weighted by molar-refractivity contribution is 7.10. The van der Waals surface area contributed by atoms with Crippen LogP contribution < -0.4 is 0 Å². The number of hydrogen-bond acceptors (Lipinski definition) is 3. The Kier molecular flexibility index (Phi) is 4.48. The van der Waals surface area contributed by atoms with Crippen LogP contribution in [0.4, 0.5) is 0 Å². The molecule has 15 heavy (non-hydrogen) atoms. The van der Waals surface area contributed by atoms with Gasteiger partial charge in [-0.05, 0) is 25.8 Å². The van der Waals surface area contributed by atoms with Crippen molar-refractivity contribution in [2.24, 2.45) is 5.92 Å². The van der Waals surface area contributed by atoms with Crippen LogP contribution in [0.3, 0.4) is 0 Å². The molecule has 0 amide bonds. The van der Waals surface area contributed by atoms with E-state index in [1.165, 1.54) is 0 Å². The van der Waals surface area contributed by atoms with Gasteiger partial charge < -0.3 is 4.74 Å². The monoisotopic (exact) mass is 226 g/mol. The summed E-state index contributed by atoms with van der Waals surface area (Å²) in [5, 5.41) is 1.91. The molecule has 1 aromatic rings. The molecule has 84 valence electrons.